The van der Waals surface area contributed by atoms with Crippen molar-refractivity contribution in [1.82, 2.24) is 0 Å². The van der Waals surface area contributed by atoms with Gasteiger partial charge in [-0.1, -0.05) is 50.8 Å². The third-order valence-electron chi connectivity index (χ3n) is 4.86. The van der Waals surface area contributed by atoms with E-state index in [4.69, 9.17) is 0 Å². The maximum absolute atomic E-state index is 10.8. The Morgan fingerprint density at radius 2 is 2.00 bits per heavy atom. The summed E-state index contributed by atoms with van der Waals surface area (Å²) in [6, 6.07) is 8.48. The minimum absolute atomic E-state index is 0.278. The van der Waals surface area contributed by atoms with Crippen molar-refractivity contribution in [3.63, 3.8) is 0 Å². The molecule has 3 rings (SSSR count). The summed E-state index contributed by atoms with van der Waals surface area (Å²) in [7, 11) is 0. The van der Waals surface area contributed by atoms with Crippen LogP contribution in [0.15, 0.2) is 29.6 Å². The van der Waals surface area contributed by atoms with Crippen LogP contribution in [-0.4, -0.2) is 5.11 Å². The molecule has 1 heterocycles. The molecule has 0 saturated heterocycles. The minimum Gasteiger partial charge on any atom is -0.388 e. The molecule has 1 fully saturated rings. The zero-order valence-corrected chi connectivity index (χ0v) is 13.0. The van der Waals surface area contributed by atoms with E-state index in [1.54, 1.807) is 11.3 Å². The van der Waals surface area contributed by atoms with Gasteiger partial charge >= 0.3 is 0 Å². The SMILES string of the molecule is CCCC1CCC(C(O)c2cccc3ccsc23)CC1. The Balaban J connectivity index is 1.73. The summed E-state index contributed by atoms with van der Waals surface area (Å²) in [5, 5.41) is 14.2. The molecular weight excluding hydrogens is 264 g/mol. The number of aliphatic hydroxyl groups excluding tert-OH is 1. The molecule has 108 valence electrons. The van der Waals surface area contributed by atoms with Crippen molar-refractivity contribution in [3.8, 4) is 0 Å². The highest BCUT2D eigenvalue weighted by Crippen LogP contribution is 2.40. The van der Waals surface area contributed by atoms with Gasteiger partial charge in [-0.05, 0) is 47.1 Å². The van der Waals surface area contributed by atoms with E-state index in [0.717, 1.165) is 11.5 Å². The van der Waals surface area contributed by atoms with Gasteiger partial charge < -0.3 is 5.11 Å². The van der Waals surface area contributed by atoms with Crippen molar-refractivity contribution in [2.75, 3.05) is 0 Å². The number of rotatable bonds is 4. The summed E-state index contributed by atoms with van der Waals surface area (Å²) < 4.78 is 1.27. The number of aliphatic hydroxyl groups is 1. The van der Waals surface area contributed by atoms with Crippen LogP contribution in [0, 0.1) is 11.8 Å². The zero-order chi connectivity index (χ0) is 13.9. The Kier molecular flexibility index (Phi) is 4.42. The number of benzene rings is 1. The Morgan fingerprint density at radius 1 is 1.20 bits per heavy atom. The number of thiophene rings is 1. The molecule has 1 nitrogen and oxygen atoms in total. The first-order valence-corrected chi connectivity index (χ1v) is 8.81. The topological polar surface area (TPSA) is 20.2 Å². The van der Waals surface area contributed by atoms with E-state index in [1.165, 1.54) is 48.6 Å². The van der Waals surface area contributed by atoms with Crippen LogP contribution in [0.5, 0.6) is 0 Å². The molecule has 0 aliphatic heterocycles. The van der Waals surface area contributed by atoms with Crippen LogP contribution in [0.4, 0.5) is 0 Å². The lowest BCUT2D eigenvalue weighted by molar-refractivity contribution is 0.0734. The summed E-state index contributed by atoms with van der Waals surface area (Å²) in [5.41, 5.74) is 1.15. The van der Waals surface area contributed by atoms with Gasteiger partial charge in [0.05, 0.1) is 6.10 Å². The van der Waals surface area contributed by atoms with Gasteiger partial charge in [-0.3, -0.25) is 0 Å². The molecule has 1 N–H and O–H groups in total. The van der Waals surface area contributed by atoms with Crippen LogP contribution in [-0.2, 0) is 0 Å². The third kappa shape index (κ3) is 2.77. The van der Waals surface area contributed by atoms with Gasteiger partial charge in [0.1, 0.15) is 0 Å². The first kappa shape index (κ1) is 14.1. The highest BCUT2D eigenvalue weighted by Gasteiger charge is 2.28. The van der Waals surface area contributed by atoms with E-state index in [9.17, 15) is 5.11 Å². The second-order valence-electron chi connectivity index (χ2n) is 6.20. The molecule has 1 aliphatic carbocycles. The fraction of sp³-hybridized carbons (Fsp3) is 0.556. The van der Waals surface area contributed by atoms with E-state index in [-0.39, 0.29) is 6.10 Å². The van der Waals surface area contributed by atoms with Crippen LogP contribution < -0.4 is 0 Å². The Morgan fingerprint density at radius 3 is 2.75 bits per heavy atom. The van der Waals surface area contributed by atoms with Gasteiger partial charge in [0.2, 0.25) is 0 Å². The van der Waals surface area contributed by atoms with E-state index in [1.807, 2.05) is 0 Å². The predicted octanol–water partition coefficient (Wildman–Crippen LogP) is 5.54. The molecule has 0 radical (unpaired) electrons. The molecule has 1 atom stereocenters. The van der Waals surface area contributed by atoms with Crippen molar-refractivity contribution >= 4 is 21.4 Å². The molecule has 1 aliphatic rings. The molecule has 0 amide bonds. The summed E-state index contributed by atoms with van der Waals surface area (Å²) in [4.78, 5) is 0. The average molecular weight is 288 g/mol. The lowest BCUT2D eigenvalue weighted by Gasteiger charge is -2.31. The van der Waals surface area contributed by atoms with Gasteiger partial charge in [0.15, 0.2) is 0 Å². The highest BCUT2D eigenvalue weighted by molar-refractivity contribution is 7.17. The van der Waals surface area contributed by atoms with E-state index in [0.29, 0.717) is 5.92 Å². The molecule has 20 heavy (non-hydrogen) atoms. The molecule has 1 unspecified atom stereocenters. The predicted molar refractivity (Wildman–Crippen MR) is 87.1 cm³/mol. The van der Waals surface area contributed by atoms with E-state index >= 15 is 0 Å². The number of fused-ring (bicyclic) bond motifs is 1. The molecule has 1 aromatic heterocycles. The van der Waals surface area contributed by atoms with Gasteiger partial charge in [-0.2, -0.15) is 0 Å². The second kappa shape index (κ2) is 6.28. The van der Waals surface area contributed by atoms with Crippen molar-refractivity contribution in [2.24, 2.45) is 11.8 Å². The smallest absolute Gasteiger partial charge is 0.0832 e. The Labute approximate surface area is 125 Å². The molecular formula is C18H24OS. The highest BCUT2D eigenvalue weighted by atomic mass is 32.1. The van der Waals surface area contributed by atoms with Crippen LogP contribution in [0.3, 0.4) is 0 Å². The van der Waals surface area contributed by atoms with Crippen LogP contribution in [0.2, 0.25) is 0 Å². The quantitative estimate of drug-likeness (QED) is 0.783. The number of hydrogen-bond donors (Lipinski definition) is 1. The largest absolute Gasteiger partial charge is 0.388 e. The fourth-order valence-corrected chi connectivity index (χ4v) is 4.65. The van der Waals surface area contributed by atoms with Crippen molar-refractivity contribution < 1.29 is 5.11 Å². The molecule has 2 heteroatoms. The van der Waals surface area contributed by atoms with Crippen molar-refractivity contribution in [1.29, 1.82) is 0 Å². The molecule has 1 saturated carbocycles. The number of hydrogen-bond acceptors (Lipinski definition) is 2. The first-order valence-electron chi connectivity index (χ1n) is 7.93. The van der Waals surface area contributed by atoms with Gasteiger partial charge in [0, 0.05) is 4.70 Å². The monoisotopic (exact) mass is 288 g/mol. The molecule has 0 spiro atoms. The summed E-state index contributed by atoms with van der Waals surface area (Å²) in [5.74, 6) is 1.36. The van der Waals surface area contributed by atoms with Crippen LogP contribution in [0.25, 0.3) is 10.1 Å². The zero-order valence-electron chi connectivity index (χ0n) is 12.2. The summed E-state index contributed by atoms with van der Waals surface area (Å²) >= 11 is 1.75. The Bertz CT molecular complexity index is 551. The molecule has 0 bridgehead atoms. The standard InChI is InChI=1S/C18H24OS/c1-2-4-13-7-9-14(10-8-13)17(19)16-6-3-5-15-11-12-20-18(15)16/h3,5-6,11-14,17,19H,2,4,7-10H2,1H3. The minimum atomic E-state index is -0.278. The summed E-state index contributed by atoms with van der Waals surface area (Å²) in [6.45, 7) is 2.28. The van der Waals surface area contributed by atoms with Crippen LogP contribution in [0.1, 0.15) is 57.1 Å². The third-order valence-corrected chi connectivity index (χ3v) is 5.84. The first-order chi connectivity index (χ1) is 9.79. The lowest BCUT2D eigenvalue weighted by atomic mass is 9.76. The normalized spacial score (nSPS) is 24.9. The molecule has 2 aromatic rings. The van der Waals surface area contributed by atoms with Gasteiger partial charge in [-0.25, -0.2) is 0 Å². The van der Waals surface area contributed by atoms with E-state index < -0.39 is 0 Å². The second-order valence-corrected chi connectivity index (χ2v) is 7.12. The lowest BCUT2D eigenvalue weighted by Crippen LogP contribution is -2.20. The van der Waals surface area contributed by atoms with Gasteiger partial charge in [-0.15, -0.1) is 11.3 Å². The maximum Gasteiger partial charge on any atom is 0.0832 e. The van der Waals surface area contributed by atoms with E-state index in [2.05, 4.69) is 36.6 Å². The Hall–Kier alpha value is -0.860. The maximum atomic E-state index is 10.8. The molecule has 1 aromatic carbocycles. The summed E-state index contributed by atoms with van der Waals surface area (Å²) in [6.07, 6.45) is 7.36. The van der Waals surface area contributed by atoms with Crippen LogP contribution >= 0.6 is 11.3 Å². The van der Waals surface area contributed by atoms with Crippen molar-refractivity contribution in [2.45, 2.75) is 51.6 Å². The van der Waals surface area contributed by atoms with Crippen molar-refractivity contribution in [3.05, 3.63) is 35.2 Å². The van der Waals surface area contributed by atoms with Gasteiger partial charge in [0.25, 0.3) is 0 Å². The fourth-order valence-electron chi connectivity index (χ4n) is 3.70. The average Bonchev–Trinajstić information content (AvgIpc) is 2.96.